The number of aryl methyl sites for hydroxylation is 2. The summed E-state index contributed by atoms with van der Waals surface area (Å²) in [6.07, 6.45) is 25.6. The Morgan fingerprint density at radius 3 is 1.00 bits per heavy atom. The second-order valence-electron chi connectivity index (χ2n) is 8.44. The molecule has 1 nitrogen and oxygen atoms in total. The molecule has 1 aliphatic rings. The van der Waals surface area contributed by atoms with Crippen molar-refractivity contribution in [2.75, 3.05) is 0 Å². The fourth-order valence-electron chi connectivity index (χ4n) is 4.33. The topological polar surface area (TPSA) is 20.2 Å². The lowest BCUT2D eigenvalue weighted by Gasteiger charge is -2.10. The lowest BCUT2D eigenvalue weighted by atomic mass is 9.98. The first kappa shape index (κ1) is 21.3. The molecule has 0 atom stereocenters. The highest BCUT2D eigenvalue weighted by Gasteiger charge is 2.07. The van der Waals surface area contributed by atoms with Gasteiger partial charge in [-0.15, -0.1) is 0 Å². The highest BCUT2D eigenvalue weighted by Crippen LogP contribution is 2.26. The number of hydrogen-bond donors (Lipinski definition) is 1. The summed E-state index contributed by atoms with van der Waals surface area (Å²) in [6, 6.07) is 6.39. The van der Waals surface area contributed by atoms with Crippen molar-refractivity contribution in [2.24, 2.45) is 0 Å². The first-order chi connectivity index (χ1) is 12.9. The van der Waals surface area contributed by atoms with Crippen LogP contribution in [0.4, 0.5) is 0 Å². The molecule has 148 valence electrons. The average Bonchev–Trinajstić information content (AvgIpc) is 2.65. The molecule has 1 aliphatic carbocycles. The Balaban J connectivity index is 1.77. The maximum atomic E-state index is 10.6. The summed E-state index contributed by atoms with van der Waals surface area (Å²) >= 11 is 0. The van der Waals surface area contributed by atoms with Crippen molar-refractivity contribution in [2.45, 2.75) is 122 Å². The molecule has 1 aromatic carbocycles. The van der Waals surface area contributed by atoms with Crippen molar-refractivity contribution >= 4 is 0 Å². The van der Waals surface area contributed by atoms with Crippen molar-refractivity contribution < 1.29 is 5.11 Å². The maximum Gasteiger partial charge on any atom is 0.121 e. The molecule has 0 amide bonds. The van der Waals surface area contributed by atoms with E-state index in [0.717, 1.165) is 12.8 Å². The van der Waals surface area contributed by atoms with Gasteiger partial charge in [-0.1, -0.05) is 115 Å². The molecule has 1 heteroatoms. The van der Waals surface area contributed by atoms with E-state index in [-0.39, 0.29) is 0 Å². The predicted octanol–water partition coefficient (Wildman–Crippen LogP) is 8.12. The Morgan fingerprint density at radius 1 is 0.423 bits per heavy atom. The van der Waals surface area contributed by atoms with Crippen LogP contribution in [0.3, 0.4) is 0 Å². The maximum absolute atomic E-state index is 10.6. The van der Waals surface area contributed by atoms with Gasteiger partial charge in [0.15, 0.2) is 0 Å². The third kappa shape index (κ3) is 9.10. The molecular weight excluding hydrogens is 316 g/mol. The summed E-state index contributed by atoms with van der Waals surface area (Å²) in [5.41, 5.74) is 2.34. The number of phenolic OH excluding ortho intramolecular Hbond substituents is 1. The number of phenols is 1. The lowest BCUT2D eigenvalue weighted by molar-refractivity contribution is 0.456. The SMILES string of the molecule is Oc1c2cccc1CCCCCCCCCCCCCCCCCCC2. The minimum Gasteiger partial charge on any atom is -0.507 e. The largest absolute Gasteiger partial charge is 0.507 e. The van der Waals surface area contributed by atoms with Crippen LogP contribution in [-0.2, 0) is 12.8 Å². The van der Waals surface area contributed by atoms with Gasteiger partial charge in [-0.05, 0) is 36.8 Å². The van der Waals surface area contributed by atoms with Crippen LogP contribution in [0.1, 0.15) is 120 Å². The Bertz CT molecular complexity index is 427. The normalized spacial score (nSPS) is 20.6. The van der Waals surface area contributed by atoms with Gasteiger partial charge in [-0.25, -0.2) is 0 Å². The molecule has 0 spiro atoms. The van der Waals surface area contributed by atoms with E-state index in [9.17, 15) is 5.11 Å². The molecule has 0 saturated carbocycles. The summed E-state index contributed by atoms with van der Waals surface area (Å²) in [5.74, 6) is 0.592. The molecule has 1 aromatic rings. The van der Waals surface area contributed by atoms with Gasteiger partial charge in [-0.2, -0.15) is 0 Å². The second-order valence-corrected chi connectivity index (χ2v) is 8.44. The van der Waals surface area contributed by atoms with Gasteiger partial charge in [0, 0.05) is 0 Å². The van der Waals surface area contributed by atoms with Crippen LogP contribution in [0.15, 0.2) is 18.2 Å². The third-order valence-corrected chi connectivity index (χ3v) is 6.10. The van der Waals surface area contributed by atoms with Crippen molar-refractivity contribution in [3.05, 3.63) is 29.3 Å². The van der Waals surface area contributed by atoms with E-state index in [2.05, 4.69) is 18.2 Å². The van der Waals surface area contributed by atoms with Gasteiger partial charge in [0.1, 0.15) is 5.75 Å². The van der Waals surface area contributed by atoms with Gasteiger partial charge >= 0.3 is 0 Å². The van der Waals surface area contributed by atoms with E-state index in [4.69, 9.17) is 0 Å². The first-order valence-electron chi connectivity index (χ1n) is 11.7. The zero-order chi connectivity index (χ0) is 18.3. The van der Waals surface area contributed by atoms with Crippen molar-refractivity contribution in [1.29, 1.82) is 0 Å². The number of rotatable bonds is 0. The van der Waals surface area contributed by atoms with Crippen LogP contribution >= 0.6 is 0 Å². The second kappa shape index (κ2) is 14.1. The minimum atomic E-state index is 0.592. The van der Waals surface area contributed by atoms with E-state index >= 15 is 0 Å². The fourth-order valence-corrected chi connectivity index (χ4v) is 4.33. The monoisotopic (exact) mass is 358 g/mol. The highest BCUT2D eigenvalue weighted by molar-refractivity contribution is 5.40. The van der Waals surface area contributed by atoms with Crippen molar-refractivity contribution in [3.63, 3.8) is 0 Å². The van der Waals surface area contributed by atoms with E-state index in [1.807, 2.05) is 0 Å². The molecule has 0 heterocycles. The molecule has 26 heavy (non-hydrogen) atoms. The molecule has 0 unspecified atom stereocenters. The van der Waals surface area contributed by atoms with Gasteiger partial charge < -0.3 is 5.11 Å². The quantitative estimate of drug-likeness (QED) is 0.496. The molecule has 0 saturated heterocycles. The van der Waals surface area contributed by atoms with Crippen molar-refractivity contribution in [3.8, 4) is 5.75 Å². The molecule has 2 bridgehead atoms. The fraction of sp³-hybridized carbons (Fsp3) is 0.760. The zero-order valence-electron chi connectivity index (χ0n) is 17.1. The van der Waals surface area contributed by atoms with Crippen LogP contribution in [0.25, 0.3) is 0 Å². The molecule has 0 radical (unpaired) electrons. The summed E-state index contributed by atoms with van der Waals surface area (Å²) in [4.78, 5) is 0. The summed E-state index contributed by atoms with van der Waals surface area (Å²) < 4.78 is 0. The lowest BCUT2D eigenvalue weighted by Crippen LogP contribution is -1.93. The van der Waals surface area contributed by atoms with Gasteiger partial charge in [-0.3, -0.25) is 0 Å². The molecule has 0 aliphatic heterocycles. The van der Waals surface area contributed by atoms with Crippen LogP contribution in [-0.4, -0.2) is 5.11 Å². The van der Waals surface area contributed by atoms with Gasteiger partial charge in [0.2, 0.25) is 0 Å². The Morgan fingerprint density at radius 2 is 0.692 bits per heavy atom. The summed E-state index contributed by atoms with van der Waals surface area (Å²) in [7, 11) is 0. The van der Waals surface area contributed by atoms with E-state index in [1.54, 1.807) is 0 Å². The number of aromatic hydroxyl groups is 1. The predicted molar refractivity (Wildman–Crippen MR) is 114 cm³/mol. The number of hydrogen-bond acceptors (Lipinski definition) is 1. The van der Waals surface area contributed by atoms with Crippen LogP contribution in [0.5, 0.6) is 5.75 Å². The van der Waals surface area contributed by atoms with Crippen LogP contribution in [0, 0.1) is 0 Å². The summed E-state index contributed by atoms with van der Waals surface area (Å²) in [6.45, 7) is 0. The Labute approximate surface area is 162 Å². The molecule has 1 N–H and O–H groups in total. The van der Waals surface area contributed by atoms with E-state index in [1.165, 1.54) is 120 Å². The van der Waals surface area contributed by atoms with Crippen LogP contribution < -0.4 is 0 Å². The van der Waals surface area contributed by atoms with E-state index in [0.29, 0.717) is 5.75 Å². The molecule has 2 rings (SSSR count). The third-order valence-electron chi connectivity index (χ3n) is 6.10. The Kier molecular flexibility index (Phi) is 11.6. The molecule has 0 aromatic heterocycles. The van der Waals surface area contributed by atoms with E-state index < -0.39 is 0 Å². The van der Waals surface area contributed by atoms with Crippen molar-refractivity contribution in [1.82, 2.24) is 0 Å². The van der Waals surface area contributed by atoms with Crippen LogP contribution in [0.2, 0.25) is 0 Å². The van der Waals surface area contributed by atoms with Gasteiger partial charge in [0.05, 0.1) is 0 Å². The number of benzene rings is 1. The summed E-state index contributed by atoms with van der Waals surface area (Å²) in [5, 5.41) is 10.6. The van der Waals surface area contributed by atoms with Gasteiger partial charge in [0.25, 0.3) is 0 Å². The zero-order valence-corrected chi connectivity index (χ0v) is 17.1. The Hall–Kier alpha value is -0.980. The minimum absolute atomic E-state index is 0.592. The first-order valence-corrected chi connectivity index (χ1v) is 11.7. The highest BCUT2D eigenvalue weighted by atomic mass is 16.3. The average molecular weight is 359 g/mol. The number of para-hydroxylation sites is 1. The molecular formula is C25H42O. The standard InChI is InChI=1S/C25H42O/c26-25-23-19-16-14-12-10-8-6-4-2-1-3-5-7-9-11-13-15-17-20-24(25)22-18-21-23/h18,21-22,26H,1-17,19-20H2. The molecule has 0 fully saturated rings. The number of fused-ring (bicyclic) bond motifs is 2. The smallest absolute Gasteiger partial charge is 0.121 e.